The van der Waals surface area contributed by atoms with Gasteiger partial charge in [-0.2, -0.15) is 0 Å². The molecule has 1 aliphatic rings. The summed E-state index contributed by atoms with van der Waals surface area (Å²) in [5, 5.41) is 3.14. The first-order chi connectivity index (χ1) is 7.88. The van der Waals surface area contributed by atoms with Crippen molar-refractivity contribution in [2.75, 3.05) is 20.2 Å². The van der Waals surface area contributed by atoms with Crippen LogP contribution in [-0.2, 0) is 4.74 Å². The van der Waals surface area contributed by atoms with E-state index < -0.39 is 0 Å². The van der Waals surface area contributed by atoms with Gasteiger partial charge in [-0.1, -0.05) is 18.2 Å². The van der Waals surface area contributed by atoms with E-state index in [2.05, 4.69) is 5.32 Å². The Balaban J connectivity index is 1.72. The quantitative estimate of drug-likeness (QED) is 0.823. The zero-order chi connectivity index (χ0) is 11.2. The average molecular weight is 221 g/mol. The summed E-state index contributed by atoms with van der Waals surface area (Å²) in [6.07, 6.45) is 2.83. The van der Waals surface area contributed by atoms with Crippen molar-refractivity contribution in [2.45, 2.75) is 25.0 Å². The Labute approximate surface area is 96.8 Å². The van der Waals surface area contributed by atoms with Crippen LogP contribution in [0.3, 0.4) is 0 Å². The minimum Gasteiger partial charge on any atom is -0.491 e. The summed E-state index contributed by atoms with van der Waals surface area (Å²) in [6.45, 7) is 1.59. The largest absolute Gasteiger partial charge is 0.491 e. The van der Waals surface area contributed by atoms with Crippen LogP contribution in [0.15, 0.2) is 30.3 Å². The molecule has 0 aliphatic carbocycles. The van der Waals surface area contributed by atoms with E-state index >= 15 is 0 Å². The first-order valence-corrected chi connectivity index (χ1v) is 5.86. The number of benzene rings is 1. The van der Waals surface area contributed by atoms with Gasteiger partial charge in [0.15, 0.2) is 0 Å². The molecule has 0 aromatic heterocycles. The second-order valence-electron chi connectivity index (χ2n) is 4.14. The molecule has 2 rings (SSSR count). The number of likely N-dealkylation sites (N-methyl/N-ethyl adjacent to an activating group) is 1. The van der Waals surface area contributed by atoms with E-state index in [4.69, 9.17) is 9.47 Å². The van der Waals surface area contributed by atoms with Crippen LogP contribution < -0.4 is 10.1 Å². The zero-order valence-electron chi connectivity index (χ0n) is 9.69. The molecule has 1 fully saturated rings. The number of ether oxygens (including phenoxy) is 2. The lowest BCUT2D eigenvalue weighted by molar-refractivity contribution is 0.0193. The predicted octanol–water partition coefficient (Wildman–Crippen LogP) is 1.83. The van der Waals surface area contributed by atoms with E-state index in [-0.39, 0.29) is 6.10 Å². The van der Waals surface area contributed by atoms with Crippen LogP contribution in [0.1, 0.15) is 12.8 Å². The van der Waals surface area contributed by atoms with Crippen LogP contribution in [0.25, 0.3) is 0 Å². The molecule has 0 spiro atoms. The summed E-state index contributed by atoms with van der Waals surface area (Å²) in [5.41, 5.74) is 0. The normalized spacial score (nSPS) is 24.6. The molecule has 88 valence electrons. The van der Waals surface area contributed by atoms with Gasteiger partial charge in [-0.25, -0.2) is 0 Å². The zero-order valence-corrected chi connectivity index (χ0v) is 9.69. The molecule has 2 unspecified atom stereocenters. The van der Waals surface area contributed by atoms with Gasteiger partial charge in [0, 0.05) is 6.54 Å². The van der Waals surface area contributed by atoms with E-state index in [9.17, 15) is 0 Å². The van der Waals surface area contributed by atoms with E-state index in [0.29, 0.717) is 12.7 Å². The smallest absolute Gasteiger partial charge is 0.119 e. The summed E-state index contributed by atoms with van der Waals surface area (Å²) >= 11 is 0. The van der Waals surface area contributed by atoms with E-state index in [0.717, 1.165) is 25.1 Å². The molecule has 0 bridgehead atoms. The topological polar surface area (TPSA) is 30.5 Å². The van der Waals surface area contributed by atoms with Crippen molar-refractivity contribution in [3.05, 3.63) is 30.3 Å². The fourth-order valence-electron chi connectivity index (χ4n) is 1.99. The molecular weight excluding hydrogens is 202 g/mol. The van der Waals surface area contributed by atoms with Crippen molar-refractivity contribution in [3.8, 4) is 5.75 Å². The summed E-state index contributed by atoms with van der Waals surface area (Å²) in [4.78, 5) is 0. The maximum Gasteiger partial charge on any atom is 0.119 e. The minimum absolute atomic E-state index is 0.249. The number of para-hydroxylation sites is 1. The second kappa shape index (κ2) is 5.87. The molecule has 16 heavy (non-hydrogen) atoms. The summed E-state index contributed by atoms with van der Waals surface area (Å²) < 4.78 is 11.5. The summed E-state index contributed by atoms with van der Waals surface area (Å²) in [5.74, 6) is 0.920. The fourth-order valence-corrected chi connectivity index (χ4v) is 1.99. The average Bonchev–Trinajstić information content (AvgIpc) is 2.76. The van der Waals surface area contributed by atoms with Crippen molar-refractivity contribution >= 4 is 0 Å². The van der Waals surface area contributed by atoms with Crippen molar-refractivity contribution in [1.29, 1.82) is 0 Å². The standard InChI is InChI=1S/C13H19NO2/c1-14-9-12-7-8-13(16-12)10-15-11-5-3-2-4-6-11/h2-6,12-14H,7-10H2,1H3. The highest BCUT2D eigenvalue weighted by atomic mass is 16.5. The van der Waals surface area contributed by atoms with Crippen molar-refractivity contribution < 1.29 is 9.47 Å². The van der Waals surface area contributed by atoms with Gasteiger partial charge >= 0.3 is 0 Å². The lowest BCUT2D eigenvalue weighted by atomic mass is 10.2. The predicted molar refractivity (Wildman–Crippen MR) is 63.8 cm³/mol. The summed E-state index contributed by atoms with van der Waals surface area (Å²) in [6, 6.07) is 9.89. The molecule has 0 saturated carbocycles. The number of hydrogen-bond acceptors (Lipinski definition) is 3. The van der Waals surface area contributed by atoms with Crippen LogP contribution in [0.2, 0.25) is 0 Å². The van der Waals surface area contributed by atoms with Gasteiger partial charge in [0.25, 0.3) is 0 Å². The molecule has 1 saturated heterocycles. The van der Waals surface area contributed by atoms with Gasteiger partial charge in [0.1, 0.15) is 12.4 Å². The highest BCUT2D eigenvalue weighted by Gasteiger charge is 2.24. The third-order valence-corrected chi connectivity index (χ3v) is 2.81. The van der Waals surface area contributed by atoms with Crippen LogP contribution in [0.5, 0.6) is 5.75 Å². The van der Waals surface area contributed by atoms with Crippen LogP contribution in [0.4, 0.5) is 0 Å². The second-order valence-corrected chi connectivity index (χ2v) is 4.14. The Morgan fingerprint density at radius 2 is 2.00 bits per heavy atom. The Kier molecular flexibility index (Phi) is 4.19. The highest BCUT2D eigenvalue weighted by molar-refractivity contribution is 5.20. The third-order valence-electron chi connectivity index (χ3n) is 2.81. The van der Waals surface area contributed by atoms with Gasteiger partial charge in [-0.05, 0) is 32.0 Å². The van der Waals surface area contributed by atoms with Gasteiger partial charge in [-0.3, -0.25) is 0 Å². The number of hydrogen-bond donors (Lipinski definition) is 1. The molecule has 1 N–H and O–H groups in total. The molecular formula is C13H19NO2. The Morgan fingerprint density at radius 1 is 1.25 bits per heavy atom. The maximum atomic E-state index is 5.84. The maximum absolute atomic E-state index is 5.84. The van der Waals surface area contributed by atoms with Crippen molar-refractivity contribution in [1.82, 2.24) is 5.32 Å². The molecule has 3 heteroatoms. The first-order valence-electron chi connectivity index (χ1n) is 5.86. The van der Waals surface area contributed by atoms with Gasteiger partial charge in [0.05, 0.1) is 12.2 Å². The molecule has 0 radical (unpaired) electrons. The minimum atomic E-state index is 0.249. The monoisotopic (exact) mass is 221 g/mol. The Bertz CT molecular complexity index is 302. The third kappa shape index (κ3) is 3.22. The SMILES string of the molecule is CNCC1CCC(COc2ccccc2)O1. The Morgan fingerprint density at radius 3 is 2.75 bits per heavy atom. The molecule has 3 nitrogen and oxygen atoms in total. The molecule has 1 aromatic carbocycles. The molecule has 2 atom stereocenters. The lowest BCUT2D eigenvalue weighted by Crippen LogP contribution is -2.25. The number of nitrogens with one attached hydrogen (secondary N) is 1. The lowest BCUT2D eigenvalue weighted by Gasteiger charge is -2.14. The van der Waals surface area contributed by atoms with Crippen LogP contribution in [-0.4, -0.2) is 32.4 Å². The molecule has 1 aliphatic heterocycles. The number of rotatable bonds is 5. The van der Waals surface area contributed by atoms with Crippen molar-refractivity contribution in [2.24, 2.45) is 0 Å². The molecule has 1 aromatic rings. The highest BCUT2D eigenvalue weighted by Crippen LogP contribution is 2.20. The Hall–Kier alpha value is -1.06. The van der Waals surface area contributed by atoms with Gasteiger partial charge in [-0.15, -0.1) is 0 Å². The summed E-state index contributed by atoms with van der Waals surface area (Å²) in [7, 11) is 1.96. The van der Waals surface area contributed by atoms with Crippen LogP contribution in [0, 0.1) is 0 Å². The fraction of sp³-hybridized carbons (Fsp3) is 0.538. The van der Waals surface area contributed by atoms with E-state index in [1.807, 2.05) is 37.4 Å². The van der Waals surface area contributed by atoms with E-state index in [1.165, 1.54) is 0 Å². The van der Waals surface area contributed by atoms with Crippen LogP contribution >= 0.6 is 0 Å². The van der Waals surface area contributed by atoms with Gasteiger partial charge < -0.3 is 14.8 Å². The van der Waals surface area contributed by atoms with Crippen molar-refractivity contribution in [3.63, 3.8) is 0 Å². The first kappa shape index (κ1) is 11.4. The molecule has 0 amide bonds. The van der Waals surface area contributed by atoms with Gasteiger partial charge in [0.2, 0.25) is 0 Å². The van der Waals surface area contributed by atoms with E-state index in [1.54, 1.807) is 0 Å². The molecule has 1 heterocycles.